The molecule has 4 heterocycles. The Balaban J connectivity index is 1.45. The zero-order valence-corrected chi connectivity index (χ0v) is 21.8. The Hall–Kier alpha value is -3.47. The second kappa shape index (κ2) is 9.32. The maximum Gasteiger partial charge on any atom is 0.418 e. The number of hydrogen-bond donors (Lipinski definition) is 1. The first-order chi connectivity index (χ1) is 18.5. The average molecular weight is 543 g/mol. The van der Waals surface area contributed by atoms with Crippen molar-refractivity contribution < 1.29 is 17.6 Å². The lowest BCUT2D eigenvalue weighted by Gasteiger charge is -2.43. The highest BCUT2D eigenvalue weighted by Gasteiger charge is 2.50. The van der Waals surface area contributed by atoms with Crippen LogP contribution in [0.3, 0.4) is 0 Å². The van der Waals surface area contributed by atoms with E-state index in [9.17, 15) is 22.4 Å². The number of H-pyrrole nitrogens is 1. The number of nitrogens with one attached hydrogen (secondary N) is 1. The van der Waals surface area contributed by atoms with E-state index < -0.39 is 28.9 Å². The predicted octanol–water partition coefficient (Wildman–Crippen LogP) is 5.12. The highest BCUT2D eigenvalue weighted by atomic mass is 19.4. The first-order valence-electron chi connectivity index (χ1n) is 13.2. The number of hydrogen-bond acceptors (Lipinski definition) is 4. The molecule has 1 aromatic carbocycles. The van der Waals surface area contributed by atoms with E-state index in [0.29, 0.717) is 29.5 Å². The summed E-state index contributed by atoms with van der Waals surface area (Å²) < 4.78 is 59.8. The van der Waals surface area contributed by atoms with Crippen LogP contribution in [-0.4, -0.2) is 48.5 Å². The van der Waals surface area contributed by atoms with Crippen LogP contribution < -0.4 is 5.56 Å². The Kier molecular flexibility index (Phi) is 6.16. The molecular formula is C28H30F4N6O. The van der Waals surface area contributed by atoms with E-state index in [-0.39, 0.29) is 29.4 Å². The smallest absolute Gasteiger partial charge is 0.353 e. The topological polar surface area (TPSA) is 71.7 Å². The van der Waals surface area contributed by atoms with Gasteiger partial charge in [-0.25, -0.2) is 4.39 Å². The summed E-state index contributed by atoms with van der Waals surface area (Å²) in [5.41, 5.74) is -0.771. The maximum atomic E-state index is 14.3. The SMILES string of the molecule is C[C@H]1CCCN(Cc2cc3c(C(F)(F)F)cn(-c4cccc(C5(c6nncn6C)CC(F)C5)c4)c(=O)c3[nH]2)C1. The van der Waals surface area contributed by atoms with Crippen molar-refractivity contribution in [2.24, 2.45) is 13.0 Å². The fourth-order valence-corrected chi connectivity index (χ4v) is 6.36. The average Bonchev–Trinajstić information content (AvgIpc) is 3.48. The number of aromatic amines is 1. The molecule has 6 rings (SSSR count). The molecule has 39 heavy (non-hydrogen) atoms. The fraction of sp³-hybridized carbons (Fsp3) is 0.464. The summed E-state index contributed by atoms with van der Waals surface area (Å²) in [4.78, 5) is 18.8. The van der Waals surface area contributed by atoms with Gasteiger partial charge in [0.05, 0.1) is 11.0 Å². The number of likely N-dealkylation sites (tertiary alicyclic amines) is 1. The van der Waals surface area contributed by atoms with Crippen LogP contribution in [0.15, 0.2) is 47.7 Å². The Morgan fingerprint density at radius 2 is 2.00 bits per heavy atom. The van der Waals surface area contributed by atoms with Crippen molar-refractivity contribution in [3.8, 4) is 5.69 Å². The van der Waals surface area contributed by atoms with E-state index >= 15 is 0 Å². The molecular weight excluding hydrogens is 512 g/mol. The number of halogens is 4. The molecule has 0 radical (unpaired) electrons. The van der Waals surface area contributed by atoms with Crippen LogP contribution in [0.25, 0.3) is 16.6 Å². The fourth-order valence-electron chi connectivity index (χ4n) is 6.36. The van der Waals surface area contributed by atoms with Gasteiger partial charge in [0, 0.05) is 43.1 Å². The zero-order valence-electron chi connectivity index (χ0n) is 21.8. The molecule has 0 unspecified atom stereocenters. The van der Waals surface area contributed by atoms with Crippen LogP contribution in [0.4, 0.5) is 17.6 Å². The van der Waals surface area contributed by atoms with Crippen molar-refractivity contribution in [3.05, 3.63) is 75.9 Å². The first-order valence-corrected chi connectivity index (χ1v) is 13.2. The molecule has 1 atom stereocenters. The van der Waals surface area contributed by atoms with E-state index in [1.807, 2.05) is 0 Å². The van der Waals surface area contributed by atoms with Crippen molar-refractivity contribution in [3.63, 3.8) is 0 Å². The third-order valence-electron chi connectivity index (χ3n) is 8.25. The molecule has 1 saturated heterocycles. The molecule has 2 fully saturated rings. The van der Waals surface area contributed by atoms with Gasteiger partial charge in [-0.15, -0.1) is 10.2 Å². The van der Waals surface area contributed by atoms with Gasteiger partial charge in [-0.3, -0.25) is 14.3 Å². The van der Waals surface area contributed by atoms with Gasteiger partial charge >= 0.3 is 6.18 Å². The van der Waals surface area contributed by atoms with Crippen LogP contribution in [0.1, 0.15) is 55.3 Å². The highest BCUT2D eigenvalue weighted by molar-refractivity contribution is 5.84. The maximum absolute atomic E-state index is 14.3. The normalized spacial score (nSPS) is 24.3. The molecule has 4 aromatic rings. The lowest BCUT2D eigenvalue weighted by molar-refractivity contribution is -0.136. The van der Waals surface area contributed by atoms with Gasteiger partial charge in [-0.05, 0) is 61.9 Å². The number of benzene rings is 1. The van der Waals surface area contributed by atoms with Crippen molar-refractivity contribution in [2.45, 2.75) is 56.9 Å². The second-order valence-electron chi connectivity index (χ2n) is 11.2. The molecule has 0 amide bonds. The molecule has 3 aromatic heterocycles. The molecule has 2 aliphatic rings. The summed E-state index contributed by atoms with van der Waals surface area (Å²) in [5.74, 6) is 1.10. The molecule has 1 saturated carbocycles. The van der Waals surface area contributed by atoms with Crippen molar-refractivity contribution in [2.75, 3.05) is 13.1 Å². The van der Waals surface area contributed by atoms with Crippen LogP contribution >= 0.6 is 0 Å². The van der Waals surface area contributed by atoms with E-state index in [4.69, 9.17) is 0 Å². The Morgan fingerprint density at radius 3 is 2.67 bits per heavy atom. The minimum atomic E-state index is -4.67. The molecule has 1 N–H and O–H groups in total. The number of rotatable bonds is 5. The predicted molar refractivity (Wildman–Crippen MR) is 138 cm³/mol. The number of alkyl halides is 4. The molecule has 0 spiro atoms. The number of piperidine rings is 1. The van der Waals surface area contributed by atoms with Crippen LogP contribution in [0.2, 0.25) is 0 Å². The van der Waals surface area contributed by atoms with E-state index in [1.54, 1.807) is 35.9 Å². The Labute approximate surface area is 222 Å². The molecule has 1 aliphatic heterocycles. The second-order valence-corrected chi connectivity index (χ2v) is 11.2. The van der Waals surface area contributed by atoms with Crippen molar-refractivity contribution in [1.82, 2.24) is 29.2 Å². The summed E-state index contributed by atoms with van der Waals surface area (Å²) in [6.45, 7) is 4.36. The number of aromatic nitrogens is 5. The molecule has 11 heteroatoms. The van der Waals surface area contributed by atoms with E-state index in [0.717, 1.165) is 36.7 Å². The Bertz CT molecular complexity index is 1580. The molecule has 206 valence electrons. The van der Waals surface area contributed by atoms with Gasteiger partial charge in [0.15, 0.2) is 0 Å². The summed E-state index contributed by atoms with van der Waals surface area (Å²) in [6, 6.07) is 8.18. The summed E-state index contributed by atoms with van der Waals surface area (Å²) >= 11 is 0. The largest absolute Gasteiger partial charge is 0.418 e. The number of pyridine rings is 1. The molecule has 1 aliphatic carbocycles. The van der Waals surface area contributed by atoms with Crippen LogP contribution in [0, 0.1) is 5.92 Å². The Morgan fingerprint density at radius 1 is 1.21 bits per heavy atom. The van der Waals surface area contributed by atoms with Crippen molar-refractivity contribution in [1.29, 1.82) is 0 Å². The minimum absolute atomic E-state index is 0.0780. The lowest BCUT2D eigenvalue weighted by Crippen LogP contribution is -2.45. The van der Waals surface area contributed by atoms with Gasteiger partial charge < -0.3 is 9.55 Å². The zero-order chi connectivity index (χ0) is 27.5. The molecule has 7 nitrogen and oxygen atoms in total. The quantitative estimate of drug-likeness (QED) is 0.356. The van der Waals surface area contributed by atoms with Gasteiger partial charge in [0.2, 0.25) is 0 Å². The number of fused-ring (bicyclic) bond motifs is 1. The van der Waals surface area contributed by atoms with E-state index in [1.165, 1.54) is 12.4 Å². The van der Waals surface area contributed by atoms with Gasteiger partial charge in [-0.1, -0.05) is 19.1 Å². The van der Waals surface area contributed by atoms with Gasteiger partial charge in [0.25, 0.3) is 5.56 Å². The third-order valence-corrected chi connectivity index (χ3v) is 8.25. The third kappa shape index (κ3) is 4.46. The summed E-state index contributed by atoms with van der Waals surface area (Å²) in [7, 11) is 1.77. The van der Waals surface area contributed by atoms with E-state index in [2.05, 4.69) is 27.0 Å². The van der Waals surface area contributed by atoms with Gasteiger partial charge in [0.1, 0.15) is 23.8 Å². The lowest BCUT2D eigenvalue weighted by atomic mass is 9.62. The van der Waals surface area contributed by atoms with Gasteiger partial charge in [-0.2, -0.15) is 13.2 Å². The minimum Gasteiger partial charge on any atom is -0.353 e. The highest BCUT2D eigenvalue weighted by Crippen LogP contribution is 2.50. The van der Waals surface area contributed by atoms with Crippen LogP contribution in [0.5, 0.6) is 0 Å². The summed E-state index contributed by atoms with van der Waals surface area (Å²) in [5, 5.41) is 8.01. The standard InChI is InChI=1S/C28H30F4N6O/c1-17-5-4-8-37(13-17)14-20-10-22-23(28(30,31)32)15-38(25(39)24(22)34-20)21-7-3-6-18(9-21)27(11-19(29)12-27)26-35-33-16-36(26)2/h3,6-7,9-10,15-17,19,34H,4-5,8,11-14H2,1-2H3/t17-,19?,27?/m0/s1. The van der Waals surface area contributed by atoms with Crippen LogP contribution in [-0.2, 0) is 25.2 Å². The molecule has 0 bridgehead atoms. The van der Waals surface area contributed by atoms with Crippen molar-refractivity contribution >= 4 is 10.9 Å². The monoisotopic (exact) mass is 542 g/mol. The number of nitrogens with zero attached hydrogens (tertiary/aromatic N) is 5. The first kappa shape index (κ1) is 25.8. The number of aryl methyl sites for hydroxylation is 1. The summed E-state index contributed by atoms with van der Waals surface area (Å²) in [6.07, 6.45) is -0.751.